The van der Waals surface area contributed by atoms with Crippen molar-refractivity contribution in [3.8, 4) is 0 Å². The van der Waals surface area contributed by atoms with Gasteiger partial charge in [-0.25, -0.2) is 0 Å². The molecule has 1 heterocycles. The van der Waals surface area contributed by atoms with E-state index in [4.69, 9.17) is 9.47 Å². The van der Waals surface area contributed by atoms with Gasteiger partial charge >= 0.3 is 5.97 Å². The molecule has 0 bridgehead atoms. The Morgan fingerprint density at radius 1 is 1.09 bits per heavy atom. The summed E-state index contributed by atoms with van der Waals surface area (Å²) in [6.45, 7) is 14.0. The molecule has 1 saturated heterocycles. The van der Waals surface area contributed by atoms with Crippen molar-refractivity contribution in [3.63, 3.8) is 0 Å². The van der Waals surface area contributed by atoms with E-state index in [1.165, 1.54) is 51.9 Å². The summed E-state index contributed by atoms with van der Waals surface area (Å²) >= 11 is 0. The lowest BCUT2D eigenvalue weighted by Gasteiger charge is -2.56. The predicted molar refractivity (Wildman–Crippen MR) is 128 cm³/mol. The van der Waals surface area contributed by atoms with E-state index in [9.17, 15) is 4.79 Å². The zero-order chi connectivity index (χ0) is 22.9. The Hall–Kier alpha value is -0.830. The first kappa shape index (κ1) is 22.9. The molecule has 4 aliphatic carbocycles. The van der Waals surface area contributed by atoms with Crippen molar-refractivity contribution in [1.29, 1.82) is 0 Å². The highest BCUT2D eigenvalue weighted by Crippen LogP contribution is 2.72. The highest BCUT2D eigenvalue weighted by Gasteiger charge is 2.74. The molecule has 1 spiro atoms. The van der Waals surface area contributed by atoms with Crippen LogP contribution < -0.4 is 0 Å². The molecule has 32 heavy (non-hydrogen) atoms. The van der Waals surface area contributed by atoms with E-state index >= 15 is 0 Å². The average Bonchev–Trinajstić information content (AvgIpc) is 3.28. The van der Waals surface area contributed by atoms with Crippen molar-refractivity contribution in [2.75, 3.05) is 0 Å². The van der Waals surface area contributed by atoms with Crippen LogP contribution in [0.25, 0.3) is 0 Å². The quantitative estimate of drug-likeness (QED) is 0.250. The molecule has 3 nitrogen and oxygen atoms in total. The van der Waals surface area contributed by atoms with Gasteiger partial charge in [0.25, 0.3) is 0 Å². The van der Waals surface area contributed by atoms with Gasteiger partial charge in [-0.3, -0.25) is 4.79 Å². The Morgan fingerprint density at radius 3 is 2.59 bits per heavy atom. The first-order valence-electron chi connectivity index (χ1n) is 13.7. The molecule has 3 saturated carbocycles. The Labute approximate surface area is 196 Å². The predicted octanol–water partition coefficient (Wildman–Crippen LogP) is 7.09. The molecule has 0 unspecified atom stereocenters. The van der Waals surface area contributed by atoms with Crippen LogP contribution in [0.1, 0.15) is 106 Å². The van der Waals surface area contributed by atoms with E-state index in [-0.39, 0.29) is 29.2 Å². The molecule has 180 valence electrons. The van der Waals surface area contributed by atoms with Crippen LogP contribution in [-0.4, -0.2) is 23.8 Å². The largest absolute Gasteiger partial charge is 0.462 e. The van der Waals surface area contributed by atoms with E-state index in [1.54, 1.807) is 5.57 Å². The first-order chi connectivity index (χ1) is 15.1. The van der Waals surface area contributed by atoms with E-state index in [0.29, 0.717) is 11.3 Å². The van der Waals surface area contributed by atoms with Crippen LogP contribution in [0, 0.1) is 40.4 Å². The van der Waals surface area contributed by atoms with Crippen LogP contribution in [0.15, 0.2) is 11.6 Å². The summed E-state index contributed by atoms with van der Waals surface area (Å²) in [4.78, 5) is 11.6. The molecule has 5 aliphatic rings. The Bertz CT molecular complexity index is 785. The minimum absolute atomic E-state index is 0.0388. The van der Waals surface area contributed by atoms with Crippen molar-refractivity contribution in [3.05, 3.63) is 11.6 Å². The second-order valence-electron chi connectivity index (χ2n) is 13.1. The standard InChI is InChI=1S/C29H46O3/c1-18(2)8-7-9-19(3)23-10-11-24-22-16-26-29(32-26)17-21(31-20(4)30)12-15-28(29,6)25(22)13-14-27(23,24)5/h16,18-19,21,23-26H,7-15,17H2,1-6H3/t19-,21+,23-,24+,25+,26+,27-,28-,29+/m1/s1. The van der Waals surface area contributed by atoms with Crippen molar-refractivity contribution in [2.45, 2.75) is 124 Å². The summed E-state index contributed by atoms with van der Waals surface area (Å²) in [5.74, 6) is 3.81. The van der Waals surface area contributed by atoms with Crippen LogP contribution in [0.4, 0.5) is 0 Å². The number of allylic oxidation sites excluding steroid dienone is 1. The van der Waals surface area contributed by atoms with Crippen molar-refractivity contribution < 1.29 is 14.3 Å². The number of carbonyl (C=O) groups is 1. The molecule has 0 amide bonds. The van der Waals surface area contributed by atoms with Crippen LogP contribution in [0.5, 0.6) is 0 Å². The molecule has 3 heteroatoms. The molecule has 9 atom stereocenters. The zero-order valence-corrected chi connectivity index (χ0v) is 21.4. The molecule has 0 aromatic rings. The summed E-state index contributed by atoms with van der Waals surface area (Å²) in [5.41, 5.74) is 2.37. The van der Waals surface area contributed by atoms with Crippen LogP contribution in [0.2, 0.25) is 0 Å². The van der Waals surface area contributed by atoms with Crippen molar-refractivity contribution >= 4 is 5.97 Å². The maximum absolute atomic E-state index is 11.6. The smallest absolute Gasteiger partial charge is 0.302 e. The minimum atomic E-state index is -0.146. The molecule has 0 aromatic heterocycles. The van der Waals surface area contributed by atoms with E-state index in [2.05, 4.69) is 40.7 Å². The average molecular weight is 443 g/mol. The minimum Gasteiger partial charge on any atom is -0.462 e. The number of hydrogen-bond donors (Lipinski definition) is 0. The molecule has 5 rings (SSSR count). The molecular formula is C29H46O3. The third-order valence-corrected chi connectivity index (χ3v) is 11.0. The highest BCUT2D eigenvalue weighted by atomic mass is 16.6. The van der Waals surface area contributed by atoms with Crippen LogP contribution >= 0.6 is 0 Å². The van der Waals surface area contributed by atoms with Crippen molar-refractivity contribution in [2.24, 2.45) is 40.4 Å². The SMILES string of the molecule is CC(=O)O[C@H]1CC[C@]2(C)[C@H]3CC[C@]4(C)[C@@H]([C@H](C)CCCC(C)C)CC[C@H]4C3=C[C@@H]3O[C@@]32C1. The number of esters is 1. The molecule has 0 N–H and O–H groups in total. The van der Waals surface area contributed by atoms with E-state index in [0.717, 1.165) is 42.9 Å². The monoisotopic (exact) mass is 442 g/mol. The molecule has 1 aliphatic heterocycles. The van der Waals surface area contributed by atoms with Gasteiger partial charge in [-0.2, -0.15) is 0 Å². The Balaban J connectivity index is 1.34. The lowest BCUT2D eigenvalue weighted by Crippen LogP contribution is -2.55. The van der Waals surface area contributed by atoms with Gasteiger partial charge in [-0.15, -0.1) is 0 Å². The molecule has 0 aromatic carbocycles. The Morgan fingerprint density at radius 2 is 1.88 bits per heavy atom. The second-order valence-corrected chi connectivity index (χ2v) is 13.1. The maximum Gasteiger partial charge on any atom is 0.302 e. The first-order valence-corrected chi connectivity index (χ1v) is 13.7. The van der Waals surface area contributed by atoms with Crippen LogP contribution in [-0.2, 0) is 14.3 Å². The third-order valence-electron chi connectivity index (χ3n) is 11.0. The maximum atomic E-state index is 11.6. The van der Waals surface area contributed by atoms with E-state index < -0.39 is 0 Å². The van der Waals surface area contributed by atoms with Gasteiger partial charge in [0, 0.05) is 18.8 Å². The summed E-state index contributed by atoms with van der Waals surface area (Å²) in [5, 5.41) is 0. The lowest BCUT2D eigenvalue weighted by atomic mass is 9.47. The van der Waals surface area contributed by atoms with Gasteiger partial charge in [0.05, 0.1) is 0 Å². The topological polar surface area (TPSA) is 38.8 Å². The number of fused-ring (bicyclic) bond motifs is 4. The number of ether oxygens (including phenoxy) is 2. The summed E-state index contributed by atoms with van der Waals surface area (Å²) in [6, 6.07) is 0. The van der Waals surface area contributed by atoms with Crippen molar-refractivity contribution in [1.82, 2.24) is 0 Å². The molecule has 0 radical (unpaired) electrons. The van der Waals surface area contributed by atoms with Gasteiger partial charge in [0.2, 0.25) is 0 Å². The number of epoxide rings is 1. The fourth-order valence-electron chi connectivity index (χ4n) is 9.25. The van der Waals surface area contributed by atoms with Gasteiger partial charge in [0.1, 0.15) is 17.8 Å². The van der Waals surface area contributed by atoms with E-state index in [1.807, 2.05) is 0 Å². The van der Waals surface area contributed by atoms with Gasteiger partial charge in [-0.05, 0) is 73.5 Å². The number of rotatable bonds is 6. The fraction of sp³-hybridized carbons (Fsp3) is 0.897. The third kappa shape index (κ3) is 3.35. The summed E-state index contributed by atoms with van der Waals surface area (Å²) in [6.07, 6.45) is 15.5. The van der Waals surface area contributed by atoms with Gasteiger partial charge < -0.3 is 9.47 Å². The van der Waals surface area contributed by atoms with Gasteiger partial charge in [0.15, 0.2) is 0 Å². The number of carbonyl (C=O) groups excluding carboxylic acids is 1. The second kappa shape index (κ2) is 7.85. The molecule has 4 fully saturated rings. The summed E-state index contributed by atoms with van der Waals surface area (Å²) in [7, 11) is 0. The van der Waals surface area contributed by atoms with Crippen LogP contribution in [0.3, 0.4) is 0 Å². The number of hydrogen-bond acceptors (Lipinski definition) is 3. The normalized spacial score (nSPS) is 47.6. The highest BCUT2D eigenvalue weighted by molar-refractivity contribution is 5.66. The lowest BCUT2D eigenvalue weighted by molar-refractivity contribution is -0.152. The van der Waals surface area contributed by atoms with Gasteiger partial charge in [-0.1, -0.05) is 65.5 Å². The zero-order valence-electron chi connectivity index (χ0n) is 21.4. The fourth-order valence-corrected chi connectivity index (χ4v) is 9.25. The Kier molecular flexibility index (Phi) is 5.63. The molecular weight excluding hydrogens is 396 g/mol. The summed E-state index contributed by atoms with van der Waals surface area (Å²) < 4.78 is 12.2.